The molecule has 1 aromatic rings. The largest absolute Gasteiger partial charge is 0.444 e. The van der Waals surface area contributed by atoms with Crippen molar-refractivity contribution >= 4 is 11.9 Å². The first-order valence-corrected chi connectivity index (χ1v) is 7.34. The molecule has 0 radical (unpaired) electrons. The number of aromatic nitrogens is 2. The van der Waals surface area contributed by atoms with E-state index in [0.717, 1.165) is 37.6 Å². The first-order valence-electron chi connectivity index (χ1n) is 7.34. The summed E-state index contributed by atoms with van der Waals surface area (Å²) in [7, 11) is 0. The highest BCUT2D eigenvalue weighted by molar-refractivity contribution is 5.68. The quantitative estimate of drug-likeness (QED) is 0.927. The average molecular weight is 292 g/mol. The summed E-state index contributed by atoms with van der Waals surface area (Å²) < 4.78 is 5.40. The molecule has 116 valence electrons. The third kappa shape index (κ3) is 4.58. The molecule has 1 fully saturated rings. The van der Waals surface area contributed by atoms with E-state index < -0.39 is 5.60 Å². The van der Waals surface area contributed by atoms with Gasteiger partial charge < -0.3 is 15.0 Å². The molecule has 1 N–H and O–H groups in total. The maximum atomic E-state index is 12.0. The Morgan fingerprint density at radius 3 is 2.81 bits per heavy atom. The first kappa shape index (κ1) is 15.5. The highest BCUT2D eigenvalue weighted by Gasteiger charge is 2.29. The second-order valence-corrected chi connectivity index (χ2v) is 6.45. The number of carbonyl (C=O) groups is 1. The van der Waals surface area contributed by atoms with Gasteiger partial charge in [-0.3, -0.25) is 4.98 Å². The predicted octanol–water partition coefficient (Wildman–Crippen LogP) is 2.45. The molecule has 1 aromatic heterocycles. The molecule has 1 atom stereocenters. The van der Waals surface area contributed by atoms with Gasteiger partial charge in [0.05, 0.1) is 5.69 Å². The number of aryl methyl sites for hydroxylation is 1. The lowest BCUT2D eigenvalue weighted by molar-refractivity contribution is 0.0289. The minimum atomic E-state index is -0.440. The number of likely N-dealkylation sites (tertiary alicyclic amines) is 1. The average Bonchev–Trinajstić information content (AvgIpc) is 2.85. The van der Waals surface area contributed by atoms with Crippen LogP contribution in [0, 0.1) is 12.8 Å². The Morgan fingerprint density at radius 1 is 1.43 bits per heavy atom. The summed E-state index contributed by atoms with van der Waals surface area (Å²) in [4.78, 5) is 22.2. The minimum absolute atomic E-state index is 0.222. The summed E-state index contributed by atoms with van der Waals surface area (Å²) in [5, 5.41) is 3.31. The van der Waals surface area contributed by atoms with Gasteiger partial charge in [-0.05, 0) is 40.0 Å². The second kappa shape index (κ2) is 6.28. The van der Waals surface area contributed by atoms with Gasteiger partial charge in [0.15, 0.2) is 0 Å². The van der Waals surface area contributed by atoms with Crippen molar-refractivity contribution in [3.05, 3.63) is 18.1 Å². The summed E-state index contributed by atoms with van der Waals surface area (Å²) in [5.74, 6) is 1.23. The lowest BCUT2D eigenvalue weighted by Gasteiger charge is -2.24. The fourth-order valence-corrected chi connectivity index (χ4v) is 2.31. The van der Waals surface area contributed by atoms with E-state index in [9.17, 15) is 4.79 Å². The minimum Gasteiger partial charge on any atom is -0.444 e. The number of hydrogen-bond acceptors (Lipinski definition) is 5. The summed E-state index contributed by atoms with van der Waals surface area (Å²) in [6, 6.07) is 0. The Balaban J connectivity index is 1.80. The lowest BCUT2D eigenvalue weighted by Crippen LogP contribution is -2.35. The zero-order valence-corrected chi connectivity index (χ0v) is 13.2. The number of anilines is 1. The van der Waals surface area contributed by atoms with Gasteiger partial charge in [0.1, 0.15) is 11.4 Å². The van der Waals surface area contributed by atoms with Crippen molar-refractivity contribution in [3.63, 3.8) is 0 Å². The van der Waals surface area contributed by atoms with Crippen molar-refractivity contribution in [2.45, 2.75) is 39.7 Å². The van der Waals surface area contributed by atoms with E-state index in [1.165, 1.54) is 0 Å². The summed E-state index contributed by atoms with van der Waals surface area (Å²) >= 11 is 0. The van der Waals surface area contributed by atoms with E-state index in [4.69, 9.17) is 4.74 Å². The summed E-state index contributed by atoms with van der Waals surface area (Å²) in [6.45, 7) is 9.85. The van der Waals surface area contributed by atoms with Crippen molar-refractivity contribution in [3.8, 4) is 0 Å². The Bertz CT molecular complexity index is 499. The van der Waals surface area contributed by atoms with Crippen LogP contribution in [0.2, 0.25) is 0 Å². The first-order chi connectivity index (χ1) is 9.85. The molecule has 1 amide bonds. The third-order valence-electron chi connectivity index (χ3n) is 3.38. The lowest BCUT2D eigenvalue weighted by atomic mass is 10.1. The van der Waals surface area contributed by atoms with Gasteiger partial charge >= 0.3 is 6.09 Å². The Kier molecular flexibility index (Phi) is 4.65. The molecule has 2 heterocycles. The number of amides is 1. The van der Waals surface area contributed by atoms with Crippen LogP contribution in [0.4, 0.5) is 10.6 Å². The molecule has 6 heteroatoms. The molecule has 0 saturated carbocycles. The molecular formula is C15H24N4O2. The molecule has 0 unspecified atom stereocenters. The standard InChI is InChI=1S/C15H24N4O2/c1-11-13(17-7-6-16-11)18-9-12-5-8-19(10-12)14(20)21-15(2,3)4/h6-7,12H,5,8-10H2,1-4H3,(H,17,18)/t12-/m0/s1. The molecule has 0 aromatic carbocycles. The van der Waals surface area contributed by atoms with Crippen LogP contribution >= 0.6 is 0 Å². The van der Waals surface area contributed by atoms with Crippen molar-refractivity contribution in [2.24, 2.45) is 5.92 Å². The molecule has 1 saturated heterocycles. The number of carbonyl (C=O) groups excluding carboxylic acids is 1. The maximum absolute atomic E-state index is 12.0. The Labute approximate surface area is 125 Å². The van der Waals surface area contributed by atoms with Gasteiger partial charge in [-0.25, -0.2) is 9.78 Å². The van der Waals surface area contributed by atoms with Crippen molar-refractivity contribution in [1.29, 1.82) is 0 Å². The van der Waals surface area contributed by atoms with E-state index in [2.05, 4.69) is 15.3 Å². The molecule has 0 aliphatic carbocycles. The SMILES string of the molecule is Cc1nccnc1NC[C@@H]1CCN(C(=O)OC(C)(C)C)C1. The van der Waals surface area contributed by atoms with Gasteiger partial charge in [-0.2, -0.15) is 0 Å². The van der Waals surface area contributed by atoms with Gasteiger partial charge in [-0.15, -0.1) is 0 Å². The van der Waals surface area contributed by atoms with Gasteiger partial charge in [-0.1, -0.05) is 0 Å². The van der Waals surface area contributed by atoms with Crippen molar-refractivity contribution < 1.29 is 9.53 Å². The number of rotatable bonds is 3. The topological polar surface area (TPSA) is 67.4 Å². The van der Waals surface area contributed by atoms with Crippen LogP contribution in [0.15, 0.2) is 12.4 Å². The fraction of sp³-hybridized carbons (Fsp3) is 0.667. The normalized spacial score (nSPS) is 18.7. The van der Waals surface area contributed by atoms with Crippen LogP contribution in [-0.2, 0) is 4.74 Å². The zero-order valence-electron chi connectivity index (χ0n) is 13.2. The molecule has 1 aliphatic rings. The predicted molar refractivity (Wildman–Crippen MR) is 81.2 cm³/mol. The number of hydrogen-bond donors (Lipinski definition) is 1. The fourth-order valence-electron chi connectivity index (χ4n) is 2.31. The summed E-state index contributed by atoms with van der Waals surface area (Å²) in [5.41, 5.74) is 0.448. The molecule has 0 spiro atoms. The second-order valence-electron chi connectivity index (χ2n) is 6.45. The van der Waals surface area contributed by atoms with Gasteiger partial charge in [0, 0.05) is 32.0 Å². The van der Waals surface area contributed by atoms with Crippen LogP contribution in [0.1, 0.15) is 32.9 Å². The van der Waals surface area contributed by atoms with E-state index in [-0.39, 0.29) is 6.09 Å². The smallest absolute Gasteiger partial charge is 0.410 e. The highest BCUT2D eigenvalue weighted by Crippen LogP contribution is 2.20. The van der Waals surface area contributed by atoms with Crippen LogP contribution in [0.5, 0.6) is 0 Å². The van der Waals surface area contributed by atoms with Crippen LogP contribution in [-0.4, -0.2) is 46.2 Å². The zero-order chi connectivity index (χ0) is 15.5. The monoisotopic (exact) mass is 292 g/mol. The van der Waals surface area contributed by atoms with Gasteiger partial charge in [0.25, 0.3) is 0 Å². The van der Waals surface area contributed by atoms with E-state index >= 15 is 0 Å². The van der Waals surface area contributed by atoms with E-state index in [1.54, 1.807) is 17.3 Å². The molecular weight excluding hydrogens is 268 g/mol. The number of ether oxygens (including phenoxy) is 1. The molecule has 21 heavy (non-hydrogen) atoms. The maximum Gasteiger partial charge on any atom is 0.410 e. The molecule has 0 bridgehead atoms. The molecule has 6 nitrogen and oxygen atoms in total. The van der Waals surface area contributed by atoms with E-state index in [1.807, 2.05) is 27.7 Å². The Morgan fingerprint density at radius 2 is 2.14 bits per heavy atom. The molecule has 1 aliphatic heterocycles. The van der Waals surface area contributed by atoms with Crippen molar-refractivity contribution in [1.82, 2.24) is 14.9 Å². The van der Waals surface area contributed by atoms with E-state index in [0.29, 0.717) is 5.92 Å². The van der Waals surface area contributed by atoms with Gasteiger partial charge in [0.2, 0.25) is 0 Å². The Hall–Kier alpha value is -1.85. The van der Waals surface area contributed by atoms with Crippen molar-refractivity contribution in [2.75, 3.05) is 25.0 Å². The third-order valence-corrected chi connectivity index (χ3v) is 3.38. The van der Waals surface area contributed by atoms with Crippen LogP contribution in [0.3, 0.4) is 0 Å². The number of nitrogens with one attached hydrogen (secondary N) is 1. The van der Waals surface area contributed by atoms with Crippen LogP contribution in [0.25, 0.3) is 0 Å². The van der Waals surface area contributed by atoms with Crippen LogP contribution < -0.4 is 5.32 Å². The highest BCUT2D eigenvalue weighted by atomic mass is 16.6. The number of nitrogens with zero attached hydrogens (tertiary/aromatic N) is 3. The molecule has 2 rings (SSSR count). The summed E-state index contributed by atoms with van der Waals surface area (Å²) in [6.07, 6.45) is 4.11.